The molecular weight excluding hydrogens is 310 g/mol. The lowest BCUT2D eigenvalue weighted by Gasteiger charge is -2.09. The maximum Gasteiger partial charge on any atom is 0.249 e. The Labute approximate surface area is 139 Å². The molecular formula is C17H16ClN5. The number of hydrogen-bond acceptors (Lipinski definition) is 5. The van der Waals surface area contributed by atoms with E-state index in [2.05, 4.69) is 37.9 Å². The summed E-state index contributed by atoms with van der Waals surface area (Å²) in [5.41, 5.74) is 3.09. The maximum atomic E-state index is 5.96. The standard InChI is InChI=1S/C17H16ClN5/c1-12-9-14(18)7-8-15(12)21-17-22-16(11-20-23-17)19-10-13-5-3-2-4-6-13/h2-9,11H,10H2,1H3,(H2,19,21,22,23). The third-order valence-electron chi connectivity index (χ3n) is 3.31. The lowest BCUT2D eigenvalue weighted by atomic mass is 10.2. The topological polar surface area (TPSA) is 62.7 Å². The largest absolute Gasteiger partial charge is 0.365 e. The van der Waals surface area contributed by atoms with Crippen molar-refractivity contribution in [1.82, 2.24) is 15.2 Å². The Kier molecular flexibility index (Phi) is 4.68. The molecule has 0 unspecified atom stereocenters. The Morgan fingerprint density at radius 1 is 1.09 bits per heavy atom. The SMILES string of the molecule is Cc1cc(Cl)ccc1Nc1nncc(NCc2ccccc2)n1. The van der Waals surface area contributed by atoms with Crippen molar-refractivity contribution >= 4 is 29.1 Å². The summed E-state index contributed by atoms with van der Waals surface area (Å²) in [6, 6.07) is 15.7. The fourth-order valence-electron chi connectivity index (χ4n) is 2.12. The number of aromatic nitrogens is 3. The quantitative estimate of drug-likeness (QED) is 0.736. The second-order valence-electron chi connectivity index (χ2n) is 5.09. The van der Waals surface area contributed by atoms with Crippen LogP contribution in [0.5, 0.6) is 0 Å². The van der Waals surface area contributed by atoms with E-state index in [1.165, 1.54) is 5.56 Å². The minimum atomic E-state index is 0.438. The minimum absolute atomic E-state index is 0.438. The van der Waals surface area contributed by atoms with Crippen molar-refractivity contribution in [1.29, 1.82) is 0 Å². The highest BCUT2D eigenvalue weighted by atomic mass is 35.5. The van der Waals surface area contributed by atoms with Gasteiger partial charge in [-0.05, 0) is 36.2 Å². The summed E-state index contributed by atoms with van der Waals surface area (Å²) in [7, 11) is 0. The first kappa shape index (κ1) is 15.2. The number of halogens is 1. The Bertz CT molecular complexity index is 792. The average Bonchev–Trinajstić information content (AvgIpc) is 2.57. The van der Waals surface area contributed by atoms with Crippen molar-refractivity contribution in [2.24, 2.45) is 0 Å². The van der Waals surface area contributed by atoms with Gasteiger partial charge in [-0.1, -0.05) is 41.9 Å². The van der Waals surface area contributed by atoms with E-state index in [-0.39, 0.29) is 0 Å². The van der Waals surface area contributed by atoms with Crippen molar-refractivity contribution in [3.8, 4) is 0 Å². The molecule has 6 heteroatoms. The van der Waals surface area contributed by atoms with Gasteiger partial charge in [0.25, 0.3) is 0 Å². The van der Waals surface area contributed by atoms with Gasteiger partial charge < -0.3 is 10.6 Å². The van der Waals surface area contributed by atoms with Crippen LogP contribution in [0.3, 0.4) is 0 Å². The molecule has 0 saturated carbocycles. The Hall–Kier alpha value is -2.66. The fraction of sp³-hybridized carbons (Fsp3) is 0.118. The van der Waals surface area contributed by atoms with Gasteiger partial charge in [-0.25, -0.2) is 0 Å². The molecule has 0 saturated heterocycles. The molecule has 0 radical (unpaired) electrons. The number of rotatable bonds is 5. The molecule has 23 heavy (non-hydrogen) atoms. The van der Waals surface area contributed by atoms with Gasteiger partial charge in [0.05, 0.1) is 6.20 Å². The van der Waals surface area contributed by atoms with E-state index in [9.17, 15) is 0 Å². The first-order valence-corrected chi connectivity index (χ1v) is 7.59. The molecule has 0 aliphatic rings. The molecule has 116 valence electrons. The summed E-state index contributed by atoms with van der Waals surface area (Å²) < 4.78 is 0. The summed E-state index contributed by atoms with van der Waals surface area (Å²) >= 11 is 5.96. The molecule has 0 amide bonds. The van der Waals surface area contributed by atoms with Crippen LogP contribution in [-0.4, -0.2) is 15.2 Å². The minimum Gasteiger partial charge on any atom is -0.365 e. The van der Waals surface area contributed by atoms with Crippen LogP contribution < -0.4 is 10.6 Å². The summed E-state index contributed by atoms with van der Waals surface area (Å²) in [6.07, 6.45) is 1.60. The molecule has 0 bridgehead atoms. The third-order valence-corrected chi connectivity index (χ3v) is 3.55. The van der Waals surface area contributed by atoms with Gasteiger partial charge in [0.15, 0.2) is 5.82 Å². The highest BCUT2D eigenvalue weighted by Crippen LogP contribution is 2.22. The fourth-order valence-corrected chi connectivity index (χ4v) is 2.34. The van der Waals surface area contributed by atoms with Crippen LogP contribution in [0.1, 0.15) is 11.1 Å². The summed E-state index contributed by atoms with van der Waals surface area (Å²) in [4.78, 5) is 4.42. The van der Waals surface area contributed by atoms with Crippen molar-refractivity contribution in [2.45, 2.75) is 13.5 Å². The van der Waals surface area contributed by atoms with E-state index < -0.39 is 0 Å². The highest BCUT2D eigenvalue weighted by Gasteiger charge is 2.04. The van der Waals surface area contributed by atoms with E-state index in [0.29, 0.717) is 23.3 Å². The zero-order valence-corrected chi connectivity index (χ0v) is 13.4. The zero-order chi connectivity index (χ0) is 16.1. The van der Waals surface area contributed by atoms with Crippen molar-refractivity contribution < 1.29 is 0 Å². The van der Waals surface area contributed by atoms with Crippen LogP contribution in [0, 0.1) is 6.92 Å². The lowest BCUT2D eigenvalue weighted by Crippen LogP contribution is -2.06. The molecule has 0 spiro atoms. The van der Waals surface area contributed by atoms with E-state index in [1.807, 2.05) is 43.3 Å². The van der Waals surface area contributed by atoms with E-state index in [0.717, 1.165) is 11.3 Å². The molecule has 3 rings (SSSR count). The molecule has 3 aromatic rings. The number of anilines is 3. The number of aryl methyl sites for hydroxylation is 1. The second-order valence-corrected chi connectivity index (χ2v) is 5.53. The van der Waals surface area contributed by atoms with Crippen molar-refractivity contribution in [3.05, 3.63) is 70.9 Å². The van der Waals surface area contributed by atoms with Crippen LogP contribution in [0.25, 0.3) is 0 Å². The van der Waals surface area contributed by atoms with Gasteiger partial charge in [0.2, 0.25) is 5.95 Å². The smallest absolute Gasteiger partial charge is 0.249 e. The molecule has 2 N–H and O–H groups in total. The predicted molar refractivity (Wildman–Crippen MR) is 93.1 cm³/mol. The molecule has 1 heterocycles. The summed E-state index contributed by atoms with van der Waals surface area (Å²) in [5.74, 6) is 1.10. The van der Waals surface area contributed by atoms with Crippen LogP contribution in [0.15, 0.2) is 54.7 Å². The van der Waals surface area contributed by atoms with E-state index in [1.54, 1.807) is 6.20 Å². The van der Waals surface area contributed by atoms with Crippen LogP contribution in [-0.2, 0) is 6.54 Å². The molecule has 5 nitrogen and oxygen atoms in total. The first-order chi connectivity index (χ1) is 11.2. The van der Waals surface area contributed by atoms with Gasteiger partial charge in [-0.15, -0.1) is 5.10 Å². The Morgan fingerprint density at radius 3 is 2.70 bits per heavy atom. The lowest BCUT2D eigenvalue weighted by molar-refractivity contribution is 0.965. The normalized spacial score (nSPS) is 10.3. The van der Waals surface area contributed by atoms with Gasteiger partial charge in [0.1, 0.15) is 0 Å². The molecule has 0 aliphatic heterocycles. The van der Waals surface area contributed by atoms with Gasteiger partial charge in [0, 0.05) is 17.3 Å². The van der Waals surface area contributed by atoms with E-state index in [4.69, 9.17) is 11.6 Å². The maximum absolute atomic E-state index is 5.96. The van der Waals surface area contributed by atoms with Crippen molar-refractivity contribution in [3.63, 3.8) is 0 Å². The van der Waals surface area contributed by atoms with E-state index >= 15 is 0 Å². The van der Waals surface area contributed by atoms with Crippen LogP contribution in [0.2, 0.25) is 5.02 Å². The monoisotopic (exact) mass is 325 g/mol. The average molecular weight is 326 g/mol. The van der Waals surface area contributed by atoms with Crippen LogP contribution >= 0.6 is 11.6 Å². The molecule has 2 aromatic carbocycles. The zero-order valence-electron chi connectivity index (χ0n) is 12.6. The Balaban J connectivity index is 1.69. The van der Waals surface area contributed by atoms with Gasteiger partial charge in [-0.3, -0.25) is 0 Å². The number of benzene rings is 2. The van der Waals surface area contributed by atoms with Gasteiger partial charge in [-0.2, -0.15) is 10.1 Å². The second kappa shape index (κ2) is 7.07. The van der Waals surface area contributed by atoms with Gasteiger partial charge >= 0.3 is 0 Å². The molecule has 0 aliphatic carbocycles. The Morgan fingerprint density at radius 2 is 1.91 bits per heavy atom. The molecule has 1 aromatic heterocycles. The summed E-state index contributed by atoms with van der Waals surface area (Å²) in [5, 5.41) is 15.1. The third kappa shape index (κ3) is 4.17. The molecule has 0 fully saturated rings. The van der Waals surface area contributed by atoms with Crippen LogP contribution in [0.4, 0.5) is 17.5 Å². The first-order valence-electron chi connectivity index (χ1n) is 7.21. The molecule has 0 atom stereocenters. The number of nitrogens with one attached hydrogen (secondary N) is 2. The predicted octanol–water partition coefficient (Wildman–Crippen LogP) is 4.19. The van der Waals surface area contributed by atoms with Crippen molar-refractivity contribution in [2.75, 3.05) is 10.6 Å². The highest BCUT2D eigenvalue weighted by molar-refractivity contribution is 6.30. The summed E-state index contributed by atoms with van der Waals surface area (Å²) in [6.45, 7) is 2.65. The number of nitrogens with zero attached hydrogens (tertiary/aromatic N) is 3. The number of hydrogen-bond donors (Lipinski definition) is 2.